The molecule has 3 aliphatic carbocycles. The van der Waals surface area contributed by atoms with Gasteiger partial charge in [0.25, 0.3) is 0 Å². The lowest BCUT2D eigenvalue weighted by atomic mass is 9.63. The van der Waals surface area contributed by atoms with Crippen molar-refractivity contribution in [2.45, 2.75) is 39.0 Å². The molecule has 3 unspecified atom stereocenters. The van der Waals surface area contributed by atoms with Crippen LogP contribution in [0.3, 0.4) is 0 Å². The van der Waals surface area contributed by atoms with E-state index in [1.807, 2.05) is 0 Å². The van der Waals surface area contributed by atoms with Crippen molar-refractivity contribution in [3.63, 3.8) is 0 Å². The molecule has 2 aromatic carbocycles. The molecule has 1 saturated carbocycles. The van der Waals surface area contributed by atoms with E-state index in [1.54, 1.807) is 0 Å². The van der Waals surface area contributed by atoms with Crippen molar-refractivity contribution in [1.82, 2.24) is 0 Å². The van der Waals surface area contributed by atoms with Gasteiger partial charge in [-0.3, -0.25) is 4.79 Å². The number of allylic oxidation sites excluding steroid dienone is 2. The topological polar surface area (TPSA) is 17.1 Å². The quantitative estimate of drug-likeness (QED) is 0.669. The van der Waals surface area contributed by atoms with Gasteiger partial charge in [0.2, 0.25) is 0 Å². The molecule has 2 bridgehead atoms. The summed E-state index contributed by atoms with van der Waals surface area (Å²) in [5, 5.41) is 2.57. The molecule has 2 aromatic rings. The van der Waals surface area contributed by atoms with Gasteiger partial charge in [-0.25, -0.2) is 0 Å². The molecule has 23 heavy (non-hydrogen) atoms. The molecular formula is C22H22O. The standard InChI is InChI=1S/C22H22O/c1-2-15-4-3-5-16-11-17-8-9-22(13-14-6-7-18(22)10-14)21(23)20(17)12-19(15)16/h3-7,11-12,14,18H,2,8-10,13H2,1H3. The number of carbonyl (C=O) groups excluding carboxylic acids is 1. The van der Waals surface area contributed by atoms with Crippen LogP contribution in [0.15, 0.2) is 42.5 Å². The van der Waals surface area contributed by atoms with Crippen molar-refractivity contribution in [3.8, 4) is 0 Å². The fourth-order valence-corrected chi connectivity index (χ4v) is 5.41. The Labute approximate surface area is 137 Å². The molecule has 116 valence electrons. The Morgan fingerprint density at radius 3 is 2.87 bits per heavy atom. The number of hydrogen-bond donors (Lipinski definition) is 0. The van der Waals surface area contributed by atoms with Gasteiger partial charge in [0.05, 0.1) is 0 Å². The van der Waals surface area contributed by atoms with Gasteiger partial charge in [0.15, 0.2) is 5.78 Å². The first-order valence-corrected chi connectivity index (χ1v) is 8.99. The molecule has 1 nitrogen and oxygen atoms in total. The molecule has 0 amide bonds. The number of fused-ring (bicyclic) bond motifs is 5. The molecule has 0 aliphatic heterocycles. The molecule has 1 fully saturated rings. The predicted octanol–water partition coefficient (Wildman–Crippen LogP) is 5.11. The highest BCUT2D eigenvalue weighted by molar-refractivity contribution is 6.06. The first kappa shape index (κ1) is 13.5. The molecule has 3 atom stereocenters. The zero-order chi connectivity index (χ0) is 15.6. The molecule has 1 spiro atoms. The zero-order valence-corrected chi connectivity index (χ0v) is 13.6. The lowest BCUT2D eigenvalue weighted by Crippen LogP contribution is -2.39. The maximum absolute atomic E-state index is 13.4. The Morgan fingerprint density at radius 1 is 1.22 bits per heavy atom. The van der Waals surface area contributed by atoms with Crippen LogP contribution in [-0.2, 0) is 12.8 Å². The highest BCUT2D eigenvalue weighted by Crippen LogP contribution is 2.57. The molecule has 0 N–H and O–H groups in total. The van der Waals surface area contributed by atoms with Crippen molar-refractivity contribution >= 4 is 16.6 Å². The number of carbonyl (C=O) groups is 1. The molecular weight excluding hydrogens is 280 g/mol. The van der Waals surface area contributed by atoms with Gasteiger partial charge < -0.3 is 0 Å². The number of ketones is 1. The van der Waals surface area contributed by atoms with Crippen LogP contribution in [0.25, 0.3) is 10.8 Å². The summed E-state index contributed by atoms with van der Waals surface area (Å²) in [5.41, 5.74) is 3.56. The van der Waals surface area contributed by atoms with Crippen molar-refractivity contribution in [2.24, 2.45) is 17.3 Å². The van der Waals surface area contributed by atoms with Gasteiger partial charge in [0.1, 0.15) is 0 Å². The Kier molecular flexibility index (Phi) is 2.69. The minimum atomic E-state index is -0.0821. The second-order valence-corrected chi connectivity index (χ2v) is 7.68. The second kappa shape index (κ2) is 4.56. The van der Waals surface area contributed by atoms with E-state index in [0.717, 1.165) is 31.2 Å². The monoisotopic (exact) mass is 302 g/mol. The van der Waals surface area contributed by atoms with Crippen LogP contribution in [0.5, 0.6) is 0 Å². The molecule has 0 aromatic heterocycles. The highest BCUT2D eigenvalue weighted by atomic mass is 16.1. The summed E-state index contributed by atoms with van der Waals surface area (Å²) in [7, 11) is 0. The fourth-order valence-electron chi connectivity index (χ4n) is 5.41. The third-order valence-corrected chi connectivity index (χ3v) is 6.62. The SMILES string of the molecule is CCc1cccc2cc3c(cc12)C(=O)C1(CC3)CC2C=CC1C2. The summed E-state index contributed by atoms with van der Waals surface area (Å²) in [6.07, 6.45) is 10.1. The van der Waals surface area contributed by atoms with Crippen LogP contribution in [0.2, 0.25) is 0 Å². The maximum atomic E-state index is 13.4. The molecule has 5 rings (SSSR count). The Hall–Kier alpha value is -1.89. The van der Waals surface area contributed by atoms with Crippen LogP contribution in [0.4, 0.5) is 0 Å². The van der Waals surface area contributed by atoms with Crippen molar-refractivity contribution < 1.29 is 4.79 Å². The number of benzene rings is 2. The summed E-state index contributed by atoms with van der Waals surface area (Å²) in [6.45, 7) is 2.19. The summed E-state index contributed by atoms with van der Waals surface area (Å²) < 4.78 is 0. The highest BCUT2D eigenvalue weighted by Gasteiger charge is 2.54. The largest absolute Gasteiger partial charge is 0.294 e. The Bertz CT molecular complexity index is 860. The molecule has 3 aliphatic rings. The van der Waals surface area contributed by atoms with Gasteiger partial charge >= 0.3 is 0 Å². The van der Waals surface area contributed by atoms with E-state index in [2.05, 4.69) is 49.4 Å². The summed E-state index contributed by atoms with van der Waals surface area (Å²) >= 11 is 0. The van der Waals surface area contributed by atoms with Gasteiger partial charge in [-0.2, -0.15) is 0 Å². The van der Waals surface area contributed by atoms with Gasteiger partial charge in [-0.05, 0) is 71.9 Å². The van der Waals surface area contributed by atoms with E-state index in [1.165, 1.54) is 28.3 Å². The van der Waals surface area contributed by atoms with Crippen LogP contribution in [0, 0.1) is 17.3 Å². The van der Waals surface area contributed by atoms with Crippen LogP contribution in [-0.4, -0.2) is 5.78 Å². The normalized spacial score (nSPS) is 31.3. The third kappa shape index (κ3) is 1.71. The van der Waals surface area contributed by atoms with Gasteiger partial charge in [-0.15, -0.1) is 0 Å². The average molecular weight is 302 g/mol. The van der Waals surface area contributed by atoms with Crippen LogP contribution < -0.4 is 0 Å². The van der Waals surface area contributed by atoms with Crippen molar-refractivity contribution in [2.75, 3.05) is 0 Å². The number of hydrogen-bond acceptors (Lipinski definition) is 1. The lowest BCUT2D eigenvalue weighted by molar-refractivity contribution is 0.0703. The zero-order valence-electron chi connectivity index (χ0n) is 13.6. The summed E-state index contributed by atoms with van der Waals surface area (Å²) in [4.78, 5) is 13.4. The predicted molar refractivity (Wildman–Crippen MR) is 93.8 cm³/mol. The van der Waals surface area contributed by atoms with E-state index in [0.29, 0.717) is 17.6 Å². The maximum Gasteiger partial charge on any atom is 0.169 e. The second-order valence-electron chi connectivity index (χ2n) is 7.68. The van der Waals surface area contributed by atoms with Gasteiger partial charge in [0, 0.05) is 11.0 Å². The Morgan fingerprint density at radius 2 is 2.13 bits per heavy atom. The van der Waals surface area contributed by atoms with E-state index in [9.17, 15) is 4.79 Å². The average Bonchev–Trinajstić information content (AvgIpc) is 3.18. The Balaban J connectivity index is 1.69. The number of rotatable bonds is 1. The van der Waals surface area contributed by atoms with E-state index in [4.69, 9.17) is 0 Å². The number of aryl methyl sites for hydroxylation is 2. The summed E-state index contributed by atoms with van der Waals surface area (Å²) in [5.74, 6) is 1.57. The first-order chi connectivity index (χ1) is 11.2. The third-order valence-electron chi connectivity index (χ3n) is 6.62. The van der Waals surface area contributed by atoms with Crippen molar-refractivity contribution in [1.29, 1.82) is 0 Å². The minimum absolute atomic E-state index is 0.0821. The van der Waals surface area contributed by atoms with Gasteiger partial charge in [-0.1, -0.05) is 43.3 Å². The minimum Gasteiger partial charge on any atom is -0.294 e. The summed E-state index contributed by atoms with van der Waals surface area (Å²) in [6, 6.07) is 11.0. The van der Waals surface area contributed by atoms with E-state index >= 15 is 0 Å². The molecule has 0 heterocycles. The van der Waals surface area contributed by atoms with E-state index < -0.39 is 0 Å². The first-order valence-electron chi connectivity index (χ1n) is 8.99. The lowest BCUT2D eigenvalue weighted by Gasteiger charge is -2.38. The van der Waals surface area contributed by atoms with Crippen LogP contribution in [0.1, 0.15) is 47.7 Å². The molecule has 0 radical (unpaired) electrons. The molecule has 1 heteroatoms. The fraction of sp³-hybridized carbons (Fsp3) is 0.409. The number of Topliss-reactive ketones (excluding diaryl/α,β-unsaturated/α-hetero) is 1. The van der Waals surface area contributed by atoms with E-state index in [-0.39, 0.29) is 5.41 Å². The molecule has 0 saturated heterocycles. The smallest absolute Gasteiger partial charge is 0.169 e. The van der Waals surface area contributed by atoms with Crippen LogP contribution >= 0.6 is 0 Å². The van der Waals surface area contributed by atoms with Crippen molar-refractivity contribution in [3.05, 3.63) is 59.2 Å².